The monoisotopic (exact) mass is 687 g/mol. The Morgan fingerprint density at radius 1 is 1.12 bits per heavy atom. The summed E-state index contributed by atoms with van der Waals surface area (Å²) in [5.74, 6) is 0.644. The highest BCUT2D eigenvalue weighted by Crippen LogP contribution is 2.31. The normalized spacial score (nSPS) is 12.0. The Bertz CT molecular complexity index is 1950. The summed E-state index contributed by atoms with van der Waals surface area (Å²) in [6.07, 6.45) is 6.93. The molecule has 49 heavy (non-hydrogen) atoms. The summed E-state index contributed by atoms with van der Waals surface area (Å²) in [5, 5.41) is 7.69. The highest BCUT2D eigenvalue weighted by molar-refractivity contribution is 6.31. The summed E-state index contributed by atoms with van der Waals surface area (Å²) in [6, 6.07) is 16.7. The minimum atomic E-state index is -0.508. The minimum Gasteiger partial charge on any atom is -0.480 e. The van der Waals surface area contributed by atoms with E-state index in [0.717, 1.165) is 36.1 Å². The lowest BCUT2D eigenvalue weighted by atomic mass is 10.00. The summed E-state index contributed by atoms with van der Waals surface area (Å²) in [7, 11) is 1.58. The second-order valence-corrected chi connectivity index (χ2v) is 12.8. The van der Waals surface area contributed by atoms with Crippen molar-refractivity contribution in [3.8, 4) is 22.8 Å². The number of hydrogen-bond donors (Lipinski definition) is 5. The molecule has 0 unspecified atom stereocenters. The Kier molecular flexibility index (Phi) is 11.9. The van der Waals surface area contributed by atoms with Crippen LogP contribution in [-0.4, -0.2) is 51.7 Å². The van der Waals surface area contributed by atoms with Crippen molar-refractivity contribution in [3.05, 3.63) is 99.4 Å². The van der Waals surface area contributed by atoms with Gasteiger partial charge in [-0.3, -0.25) is 9.56 Å². The zero-order chi connectivity index (χ0) is 34.9. The highest BCUT2D eigenvalue weighted by atomic mass is 35.5. The maximum Gasteiger partial charge on any atom is 0.354 e. The van der Waals surface area contributed by atoms with Crippen molar-refractivity contribution in [1.82, 2.24) is 24.8 Å². The number of aliphatic imine (C=N–C) groups is 1. The van der Waals surface area contributed by atoms with Gasteiger partial charge in [0.2, 0.25) is 5.88 Å². The number of nitrogens with one attached hydrogen (secondary N) is 3. The lowest BCUT2D eigenvalue weighted by Gasteiger charge is -2.20. The molecule has 0 aliphatic rings. The zero-order valence-corrected chi connectivity index (χ0v) is 28.7. The first-order valence-corrected chi connectivity index (χ1v) is 16.7. The van der Waals surface area contributed by atoms with Crippen LogP contribution in [0, 0.1) is 11.7 Å². The maximum atomic E-state index is 15.2. The Labute approximate surface area is 290 Å². The van der Waals surface area contributed by atoms with E-state index in [-0.39, 0.29) is 17.0 Å². The molecule has 5 rings (SSSR count). The molecule has 7 N–H and O–H groups in total. The predicted molar refractivity (Wildman–Crippen MR) is 195 cm³/mol. The number of rotatable bonds is 16. The van der Waals surface area contributed by atoms with Crippen LogP contribution in [0.25, 0.3) is 28.0 Å². The molecule has 11 nitrogen and oxygen atoms in total. The Balaban J connectivity index is 1.30. The van der Waals surface area contributed by atoms with E-state index in [9.17, 15) is 4.79 Å². The van der Waals surface area contributed by atoms with Gasteiger partial charge in [0.25, 0.3) is 0 Å². The van der Waals surface area contributed by atoms with Crippen molar-refractivity contribution in [2.45, 2.75) is 52.1 Å². The number of nitrogens with two attached hydrogens (primary N) is 2. The van der Waals surface area contributed by atoms with Gasteiger partial charge in [-0.05, 0) is 78.8 Å². The number of anilines is 1. The third-order valence-electron chi connectivity index (χ3n) is 8.22. The van der Waals surface area contributed by atoms with Crippen LogP contribution in [0.15, 0.2) is 76.8 Å². The first-order chi connectivity index (χ1) is 23.6. The van der Waals surface area contributed by atoms with Gasteiger partial charge in [0.05, 0.1) is 29.2 Å². The van der Waals surface area contributed by atoms with E-state index in [4.69, 9.17) is 27.8 Å². The lowest BCUT2D eigenvalue weighted by molar-refractivity contribution is 0.399. The molecule has 0 saturated heterocycles. The number of aromatic nitrogens is 4. The molecule has 0 saturated carbocycles. The first-order valence-electron chi connectivity index (χ1n) is 16.3. The number of pyridine rings is 1. The largest absolute Gasteiger partial charge is 0.480 e. The van der Waals surface area contributed by atoms with Crippen LogP contribution in [0.5, 0.6) is 5.88 Å². The molecule has 0 bridgehead atoms. The van der Waals surface area contributed by atoms with Crippen LogP contribution < -0.4 is 32.5 Å². The van der Waals surface area contributed by atoms with Crippen molar-refractivity contribution in [3.63, 3.8) is 0 Å². The van der Waals surface area contributed by atoms with Crippen LogP contribution in [0.2, 0.25) is 5.02 Å². The third kappa shape index (κ3) is 9.36. The van der Waals surface area contributed by atoms with Gasteiger partial charge in [-0.25, -0.2) is 14.2 Å². The van der Waals surface area contributed by atoms with Crippen LogP contribution >= 0.6 is 11.6 Å². The molecule has 0 aliphatic heterocycles. The quantitative estimate of drug-likeness (QED) is 0.0644. The fraction of sp³-hybridized carbons (Fsp3) is 0.333. The molecule has 258 valence electrons. The van der Waals surface area contributed by atoms with Gasteiger partial charge in [0.15, 0.2) is 11.8 Å². The van der Waals surface area contributed by atoms with E-state index in [0.29, 0.717) is 65.8 Å². The zero-order valence-electron chi connectivity index (χ0n) is 28.0. The predicted octanol–water partition coefficient (Wildman–Crippen LogP) is 5.79. The topological polar surface area (TPSA) is 161 Å². The number of aromatic amines is 1. The summed E-state index contributed by atoms with van der Waals surface area (Å²) in [5.41, 5.74) is 15.3. The number of benzene rings is 2. The SMILES string of the molecule is COc1ncccc1NC[C@@H](CCN=C(N)N)NCc1ccc(-n2cc3cc(-c4cc(CCCC(C)C)cc(Cl)c4F)[nH]c3nc2=O)cc1. The van der Waals surface area contributed by atoms with Gasteiger partial charge in [-0.2, -0.15) is 4.98 Å². The van der Waals surface area contributed by atoms with Crippen LogP contribution in [0.3, 0.4) is 0 Å². The molecule has 0 aliphatic carbocycles. The Morgan fingerprint density at radius 2 is 1.92 bits per heavy atom. The average Bonchev–Trinajstić information content (AvgIpc) is 3.49. The van der Waals surface area contributed by atoms with Crippen molar-refractivity contribution in [1.29, 1.82) is 0 Å². The molecule has 2 aromatic carbocycles. The summed E-state index contributed by atoms with van der Waals surface area (Å²) < 4.78 is 22.0. The van der Waals surface area contributed by atoms with E-state index in [1.165, 1.54) is 4.57 Å². The van der Waals surface area contributed by atoms with Crippen LogP contribution in [-0.2, 0) is 13.0 Å². The maximum absolute atomic E-state index is 15.2. The molecular weight excluding hydrogens is 645 g/mol. The number of aryl methyl sites for hydroxylation is 1. The number of methoxy groups -OCH3 is 1. The number of guanidine groups is 1. The van der Waals surface area contributed by atoms with E-state index in [1.54, 1.807) is 31.6 Å². The molecule has 3 aromatic heterocycles. The van der Waals surface area contributed by atoms with Gasteiger partial charge in [-0.15, -0.1) is 0 Å². The number of ether oxygens (including phenoxy) is 1. The standard InChI is InChI=1S/C36H43ClFN9O2/c1-22(2)6-4-7-24-16-28(32(38)29(37)17-24)31-18-25-21-47(36(48)46-33(25)45-31)27-11-9-23(10-12-27)19-43-26(13-15-42-35(39)40)20-44-30-8-5-14-41-34(30)49-3/h5,8-12,14,16-18,21-22,26,43-44H,4,6-7,13,15,19-20H2,1-3H3,(H4,39,40,42)(H,45,46,48)/t26-/m1/s1. The third-order valence-corrected chi connectivity index (χ3v) is 8.49. The number of nitrogens with zero attached hydrogens (tertiary/aromatic N) is 4. The van der Waals surface area contributed by atoms with Crippen LogP contribution in [0.4, 0.5) is 10.1 Å². The molecule has 0 fully saturated rings. The molecule has 0 amide bonds. The van der Waals surface area contributed by atoms with E-state index >= 15 is 4.39 Å². The molecule has 1 atom stereocenters. The minimum absolute atomic E-state index is 0.0187. The molecule has 5 aromatic rings. The number of H-pyrrole nitrogens is 1. The first kappa shape index (κ1) is 35.4. The second-order valence-electron chi connectivity index (χ2n) is 12.4. The molecule has 13 heteroatoms. The Morgan fingerprint density at radius 3 is 2.65 bits per heavy atom. The second kappa shape index (κ2) is 16.4. The molecule has 0 radical (unpaired) electrons. The Hall–Kier alpha value is -4.94. The van der Waals surface area contributed by atoms with Gasteiger partial charge in [-0.1, -0.05) is 44.0 Å². The van der Waals surface area contributed by atoms with Crippen molar-refractivity contribution in [2.75, 3.05) is 25.5 Å². The molecule has 0 spiro atoms. The number of fused-ring (bicyclic) bond motifs is 1. The van der Waals surface area contributed by atoms with E-state index in [2.05, 4.69) is 44.4 Å². The summed E-state index contributed by atoms with van der Waals surface area (Å²) in [6.45, 7) is 5.98. The van der Waals surface area contributed by atoms with E-state index < -0.39 is 11.5 Å². The fourth-order valence-electron chi connectivity index (χ4n) is 5.61. The lowest BCUT2D eigenvalue weighted by Crippen LogP contribution is -2.36. The molecular formula is C36H43ClFN9O2. The van der Waals surface area contributed by atoms with Gasteiger partial charge < -0.3 is 31.8 Å². The smallest absolute Gasteiger partial charge is 0.354 e. The summed E-state index contributed by atoms with van der Waals surface area (Å²) >= 11 is 6.29. The number of hydrogen-bond acceptors (Lipinski definition) is 7. The van der Waals surface area contributed by atoms with E-state index in [1.807, 2.05) is 42.5 Å². The highest BCUT2D eigenvalue weighted by Gasteiger charge is 2.16. The summed E-state index contributed by atoms with van der Waals surface area (Å²) in [4.78, 5) is 28.8. The van der Waals surface area contributed by atoms with Crippen LogP contribution in [0.1, 0.15) is 44.2 Å². The van der Waals surface area contributed by atoms with Crippen molar-refractivity contribution < 1.29 is 9.13 Å². The van der Waals surface area contributed by atoms with Gasteiger partial charge in [0.1, 0.15) is 5.65 Å². The fourth-order valence-corrected chi connectivity index (χ4v) is 5.85. The molecule has 3 heterocycles. The number of halogens is 2. The van der Waals surface area contributed by atoms with Crippen molar-refractivity contribution >= 4 is 34.3 Å². The van der Waals surface area contributed by atoms with Crippen molar-refractivity contribution in [2.24, 2.45) is 22.4 Å². The average molecular weight is 688 g/mol. The van der Waals surface area contributed by atoms with Gasteiger partial charge >= 0.3 is 5.69 Å². The van der Waals surface area contributed by atoms with Gasteiger partial charge in [0, 0.05) is 49.0 Å².